The van der Waals surface area contributed by atoms with Crippen molar-refractivity contribution < 1.29 is 30.4 Å². The number of sulfone groups is 1. The zero-order chi connectivity index (χ0) is 29.8. The van der Waals surface area contributed by atoms with Crippen molar-refractivity contribution in [1.29, 1.82) is 0 Å². The van der Waals surface area contributed by atoms with Gasteiger partial charge in [0.05, 0.1) is 24.0 Å². The average Bonchev–Trinajstić information content (AvgIpc) is 2.93. The molecule has 2 aliphatic rings. The van der Waals surface area contributed by atoms with Crippen molar-refractivity contribution in [2.75, 3.05) is 64.9 Å². The number of methoxy groups -OCH3 is 1. The lowest BCUT2D eigenvalue weighted by molar-refractivity contribution is 0.0892. The first-order chi connectivity index (χ1) is 19.3. The fourth-order valence-corrected chi connectivity index (χ4v) is 8.20. The van der Waals surface area contributed by atoms with Gasteiger partial charge in [0.1, 0.15) is 17.4 Å². The molecule has 12 heteroatoms. The predicted octanol–water partition coefficient (Wildman–Crippen LogP) is 3.95. The van der Waals surface area contributed by atoms with Crippen LogP contribution in [0.15, 0.2) is 47.4 Å². The molecule has 1 atom stereocenters. The maximum atomic E-state index is 14.1. The smallest absolute Gasteiger partial charge is 0.211 e. The SMILES string of the molecule is COc1ccc(S(=O)(=O)CCC2(C)CCN(CC[C@@H](c3cc(F)cc(F)c3)N3CCN(S(C)(=O)=O)CC3)CC2)cc1. The number of rotatable bonds is 11. The minimum atomic E-state index is -3.40. The predicted molar refractivity (Wildman–Crippen MR) is 155 cm³/mol. The minimum Gasteiger partial charge on any atom is -0.497 e. The van der Waals surface area contributed by atoms with E-state index in [0.717, 1.165) is 38.5 Å². The summed E-state index contributed by atoms with van der Waals surface area (Å²) >= 11 is 0. The van der Waals surface area contributed by atoms with E-state index in [1.54, 1.807) is 31.4 Å². The van der Waals surface area contributed by atoms with Gasteiger partial charge in [-0.1, -0.05) is 6.92 Å². The lowest BCUT2D eigenvalue weighted by Gasteiger charge is -2.42. The Kier molecular flexibility index (Phi) is 10.1. The number of piperidine rings is 1. The number of hydrogen-bond acceptors (Lipinski definition) is 7. The molecule has 2 saturated heterocycles. The Morgan fingerprint density at radius 2 is 1.49 bits per heavy atom. The molecular weight excluding hydrogens is 572 g/mol. The highest BCUT2D eigenvalue weighted by Gasteiger charge is 2.33. The number of nitrogens with zero attached hydrogens (tertiary/aromatic N) is 3. The Balaban J connectivity index is 1.34. The highest BCUT2D eigenvalue weighted by molar-refractivity contribution is 7.91. The van der Waals surface area contributed by atoms with E-state index in [2.05, 4.69) is 16.7 Å². The third-order valence-electron chi connectivity index (χ3n) is 8.63. The molecular formula is C29H41F2N3O5S2. The molecule has 2 aromatic rings. The van der Waals surface area contributed by atoms with Gasteiger partial charge in [-0.2, -0.15) is 4.31 Å². The maximum absolute atomic E-state index is 14.1. The second kappa shape index (κ2) is 13.0. The van der Waals surface area contributed by atoms with Crippen LogP contribution in [0.2, 0.25) is 0 Å². The summed E-state index contributed by atoms with van der Waals surface area (Å²) in [5.74, 6) is -0.553. The average molecular weight is 614 g/mol. The largest absolute Gasteiger partial charge is 0.497 e. The quantitative estimate of drug-likeness (QED) is 0.380. The van der Waals surface area contributed by atoms with Gasteiger partial charge in [0.25, 0.3) is 0 Å². The number of hydrogen-bond donors (Lipinski definition) is 0. The molecule has 228 valence electrons. The van der Waals surface area contributed by atoms with Gasteiger partial charge in [-0.3, -0.25) is 4.90 Å². The zero-order valence-electron chi connectivity index (χ0n) is 24.1. The van der Waals surface area contributed by atoms with Crippen LogP contribution in [0.3, 0.4) is 0 Å². The van der Waals surface area contributed by atoms with Gasteiger partial charge in [0.2, 0.25) is 10.0 Å². The maximum Gasteiger partial charge on any atom is 0.211 e. The summed E-state index contributed by atoms with van der Waals surface area (Å²) in [6.45, 7) is 6.13. The monoisotopic (exact) mass is 613 g/mol. The van der Waals surface area contributed by atoms with Gasteiger partial charge in [-0.15, -0.1) is 0 Å². The molecule has 0 bridgehead atoms. The second-order valence-electron chi connectivity index (χ2n) is 11.6. The van der Waals surface area contributed by atoms with Crippen molar-refractivity contribution in [3.8, 4) is 5.75 Å². The van der Waals surface area contributed by atoms with Crippen molar-refractivity contribution in [3.63, 3.8) is 0 Å². The van der Waals surface area contributed by atoms with E-state index in [4.69, 9.17) is 4.74 Å². The summed E-state index contributed by atoms with van der Waals surface area (Å²) in [5.41, 5.74) is 0.462. The molecule has 41 heavy (non-hydrogen) atoms. The van der Waals surface area contributed by atoms with Gasteiger partial charge in [0, 0.05) is 38.3 Å². The molecule has 2 aromatic carbocycles. The third kappa shape index (κ3) is 8.47. The van der Waals surface area contributed by atoms with Crippen molar-refractivity contribution >= 4 is 19.9 Å². The molecule has 0 saturated carbocycles. The molecule has 0 aromatic heterocycles. The summed E-state index contributed by atoms with van der Waals surface area (Å²) in [4.78, 5) is 4.75. The summed E-state index contributed by atoms with van der Waals surface area (Å²) in [5, 5.41) is 0. The molecule has 2 heterocycles. The normalized spacial score (nSPS) is 20.1. The van der Waals surface area contributed by atoms with E-state index in [1.165, 1.54) is 22.7 Å². The highest BCUT2D eigenvalue weighted by Crippen LogP contribution is 2.36. The van der Waals surface area contributed by atoms with Crippen molar-refractivity contribution in [2.45, 2.75) is 43.5 Å². The molecule has 2 aliphatic heterocycles. The number of likely N-dealkylation sites (tertiary alicyclic amines) is 1. The molecule has 4 rings (SSSR count). The van der Waals surface area contributed by atoms with Gasteiger partial charge >= 0.3 is 0 Å². The lowest BCUT2D eigenvalue weighted by atomic mass is 9.78. The zero-order valence-corrected chi connectivity index (χ0v) is 25.7. The van der Waals surface area contributed by atoms with Crippen LogP contribution < -0.4 is 4.74 Å². The molecule has 0 radical (unpaired) electrons. The van der Waals surface area contributed by atoms with Gasteiger partial charge in [-0.05, 0) is 92.7 Å². The van der Waals surface area contributed by atoms with Crippen LogP contribution in [0.4, 0.5) is 8.78 Å². The Bertz CT molecular complexity index is 1370. The topological polar surface area (TPSA) is 87.2 Å². The lowest BCUT2D eigenvalue weighted by Crippen LogP contribution is -2.50. The van der Waals surface area contributed by atoms with E-state index in [1.807, 2.05) is 0 Å². The van der Waals surface area contributed by atoms with Gasteiger partial charge in [-0.25, -0.2) is 25.6 Å². The Hall–Kier alpha value is -2.12. The molecule has 0 N–H and O–H groups in total. The van der Waals surface area contributed by atoms with Crippen LogP contribution in [0.25, 0.3) is 0 Å². The van der Waals surface area contributed by atoms with E-state index in [-0.39, 0.29) is 17.2 Å². The molecule has 0 unspecified atom stereocenters. The van der Waals surface area contributed by atoms with Crippen LogP contribution in [-0.2, 0) is 19.9 Å². The summed E-state index contributed by atoms with van der Waals surface area (Å²) in [6, 6.07) is 9.84. The van der Waals surface area contributed by atoms with E-state index in [0.29, 0.717) is 55.2 Å². The minimum absolute atomic E-state index is 0.0858. The van der Waals surface area contributed by atoms with E-state index < -0.39 is 31.5 Å². The number of sulfonamides is 1. The number of halogens is 2. The van der Waals surface area contributed by atoms with Crippen molar-refractivity contribution in [3.05, 3.63) is 59.7 Å². The number of piperazine rings is 1. The standard InChI is InChI=1S/C29H41F2N3O5S2/c1-29(11-19-41(37,38)27-6-4-26(39-2)5-7-27)9-13-32(14-10-29)12-8-28(23-20-24(30)22-25(31)21-23)33-15-17-34(18-16-33)40(3,35)36/h4-7,20-22,28H,8-19H2,1-3H3/t28-/m0/s1. The molecule has 0 spiro atoms. The van der Waals surface area contributed by atoms with Crippen LogP contribution in [0, 0.1) is 17.0 Å². The highest BCUT2D eigenvalue weighted by atomic mass is 32.2. The third-order valence-corrected chi connectivity index (χ3v) is 11.7. The van der Waals surface area contributed by atoms with Crippen molar-refractivity contribution in [1.82, 2.24) is 14.1 Å². The Morgan fingerprint density at radius 1 is 0.902 bits per heavy atom. The Labute approximate surface area is 243 Å². The first-order valence-electron chi connectivity index (χ1n) is 14.0. The summed E-state index contributed by atoms with van der Waals surface area (Å²) < 4.78 is 84.6. The van der Waals surface area contributed by atoms with Crippen LogP contribution in [0.5, 0.6) is 5.75 Å². The summed E-state index contributed by atoms with van der Waals surface area (Å²) in [6.07, 6.45) is 4.13. The first kappa shape index (κ1) is 31.8. The van der Waals surface area contributed by atoms with Crippen molar-refractivity contribution in [2.24, 2.45) is 5.41 Å². The van der Waals surface area contributed by atoms with Crippen LogP contribution >= 0.6 is 0 Å². The van der Waals surface area contributed by atoms with E-state index in [9.17, 15) is 25.6 Å². The summed E-state index contributed by atoms with van der Waals surface area (Å²) in [7, 11) is -5.15. The number of ether oxygens (including phenoxy) is 1. The van der Waals surface area contributed by atoms with E-state index >= 15 is 0 Å². The van der Waals surface area contributed by atoms with Gasteiger partial charge in [0.15, 0.2) is 9.84 Å². The Morgan fingerprint density at radius 3 is 2.02 bits per heavy atom. The fraction of sp³-hybridized carbons (Fsp3) is 0.586. The molecule has 0 amide bonds. The first-order valence-corrected chi connectivity index (χ1v) is 17.5. The molecule has 8 nitrogen and oxygen atoms in total. The second-order valence-corrected chi connectivity index (χ2v) is 15.7. The van der Waals surface area contributed by atoms with Crippen LogP contribution in [-0.4, -0.2) is 95.9 Å². The molecule has 2 fully saturated rings. The molecule has 0 aliphatic carbocycles. The van der Waals surface area contributed by atoms with Crippen LogP contribution in [0.1, 0.15) is 44.2 Å². The number of benzene rings is 2. The van der Waals surface area contributed by atoms with Gasteiger partial charge < -0.3 is 9.64 Å². The fourth-order valence-electron chi connectivity index (χ4n) is 5.83.